The predicted molar refractivity (Wildman–Crippen MR) is 270 cm³/mol. The van der Waals surface area contributed by atoms with Crippen molar-refractivity contribution in [1.82, 2.24) is 0 Å². The van der Waals surface area contributed by atoms with E-state index in [1.165, 1.54) is 38.5 Å². The standard InChI is InChI=1S/C40H56I6N2O5/c1-3-5-7-8-9-10-11-12-13-14-15-16-17-18-19-25(21-26(50)24-49)38(51)33(40(52)53-39-31(44)23-30(43)37(48)35(39)46)27(20-6-4-2)32-28(41)22-29(42)36(47)34(32)45/h12-13,22-23,25-27,33,49-50H,3-11,14-21,24,47-48H2,1-2H3. The summed E-state index contributed by atoms with van der Waals surface area (Å²) in [7, 11) is 0. The van der Waals surface area contributed by atoms with E-state index in [-0.39, 0.29) is 12.2 Å². The zero-order valence-corrected chi connectivity index (χ0v) is 43.8. The Balaban J connectivity index is 2.37. The van der Waals surface area contributed by atoms with Gasteiger partial charge in [0.15, 0.2) is 11.5 Å². The lowest BCUT2D eigenvalue weighted by Gasteiger charge is -2.31. The number of aliphatic hydroxyl groups is 2. The number of esters is 1. The number of allylic oxidation sites excluding steroid dienone is 2. The number of ether oxygens (including phenoxy) is 1. The Morgan fingerprint density at radius 3 is 1.83 bits per heavy atom. The van der Waals surface area contributed by atoms with E-state index in [0.717, 1.165) is 74.8 Å². The van der Waals surface area contributed by atoms with E-state index in [9.17, 15) is 19.8 Å². The molecule has 2 aromatic carbocycles. The number of hydrogen-bond donors (Lipinski definition) is 4. The van der Waals surface area contributed by atoms with Crippen LogP contribution in [0.1, 0.15) is 134 Å². The number of anilines is 2. The molecular weight excluding hydrogens is 1350 g/mol. The molecule has 0 saturated carbocycles. The average molecular weight is 1410 g/mol. The summed E-state index contributed by atoms with van der Waals surface area (Å²) in [5.41, 5.74) is 15.0. The number of nitrogens with two attached hydrogens (primary N) is 2. The minimum absolute atomic E-state index is 0.0787. The first kappa shape index (κ1) is 50.4. The van der Waals surface area contributed by atoms with Crippen molar-refractivity contribution in [3.8, 4) is 5.75 Å². The smallest absolute Gasteiger partial charge is 0.322 e. The summed E-state index contributed by atoms with van der Waals surface area (Å²) >= 11 is 13.2. The van der Waals surface area contributed by atoms with Crippen LogP contribution in [-0.2, 0) is 9.59 Å². The van der Waals surface area contributed by atoms with Crippen molar-refractivity contribution < 1.29 is 24.5 Å². The van der Waals surface area contributed by atoms with Crippen LogP contribution in [0.4, 0.5) is 11.4 Å². The van der Waals surface area contributed by atoms with E-state index in [2.05, 4.69) is 162 Å². The lowest BCUT2D eigenvalue weighted by molar-refractivity contribution is -0.147. The Labute approximate surface area is 399 Å². The van der Waals surface area contributed by atoms with Crippen LogP contribution >= 0.6 is 136 Å². The Hall–Kier alpha value is 1.22. The first-order valence-corrected chi connectivity index (χ1v) is 25.3. The molecular formula is C40H56I6N2O5. The Morgan fingerprint density at radius 1 is 0.717 bits per heavy atom. The van der Waals surface area contributed by atoms with Crippen LogP contribution in [0, 0.1) is 33.3 Å². The molecule has 0 saturated heterocycles. The lowest BCUT2D eigenvalue weighted by Crippen LogP contribution is -2.39. The summed E-state index contributed by atoms with van der Waals surface area (Å²) in [5, 5.41) is 20.5. The highest BCUT2D eigenvalue weighted by molar-refractivity contribution is 14.1. The summed E-state index contributed by atoms with van der Waals surface area (Å²) < 4.78 is 11.1. The van der Waals surface area contributed by atoms with Gasteiger partial charge < -0.3 is 26.4 Å². The molecule has 13 heteroatoms. The third-order valence-electron chi connectivity index (χ3n) is 9.54. The fourth-order valence-corrected chi connectivity index (χ4v) is 14.3. The fourth-order valence-electron chi connectivity index (χ4n) is 6.50. The molecule has 298 valence electrons. The highest BCUT2D eigenvalue weighted by atomic mass is 127. The van der Waals surface area contributed by atoms with Crippen LogP contribution in [-0.4, -0.2) is 34.7 Å². The molecule has 2 rings (SSSR count). The molecule has 0 aromatic heterocycles. The highest BCUT2D eigenvalue weighted by Gasteiger charge is 2.42. The van der Waals surface area contributed by atoms with Crippen molar-refractivity contribution in [2.45, 2.75) is 135 Å². The predicted octanol–water partition coefficient (Wildman–Crippen LogP) is 12.6. The summed E-state index contributed by atoms with van der Waals surface area (Å²) in [6.45, 7) is 3.89. The minimum Gasteiger partial charge on any atom is -0.424 e. The Bertz CT molecular complexity index is 1490. The summed E-state index contributed by atoms with van der Waals surface area (Å²) in [4.78, 5) is 29.6. The van der Waals surface area contributed by atoms with Crippen LogP contribution in [0.5, 0.6) is 5.75 Å². The van der Waals surface area contributed by atoms with Gasteiger partial charge in [-0.2, -0.15) is 0 Å². The molecule has 0 amide bonds. The number of benzene rings is 2. The Morgan fingerprint density at radius 2 is 1.25 bits per heavy atom. The third kappa shape index (κ3) is 16.8. The number of halogens is 6. The van der Waals surface area contributed by atoms with E-state index < -0.39 is 36.4 Å². The zero-order chi connectivity index (χ0) is 39.5. The van der Waals surface area contributed by atoms with Gasteiger partial charge in [-0.05, 0) is 198 Å². The van der Waals surface area contributed by atoms with Gasteiger partial charge in [-0.15, -0.1) is 0 Å². The molecule has 6 N–H and O–H groups in total. The maximum atomic E-state index is 15.0. The minimum atomic E-state index is -1.15. The van der Waals surface area contributed by atoms with Gasteiger partial charge in [-0.1, -0.05) is 90.2 Å². The molecule has 0 fully saturated rings. The lowest BCUT2D eigenvalue weighted by atomic mass is 9.74. The maximum absolute atomic E-state index is 15.0. The van der Waals surface area contributed by atoms with E-state index in [1.807, 2.05) is 12.1 Å². The van der Waals surface area contributed by atoms with Crippen LogP contribution in [0.25, 0.3) is 0 Å². The van der Waals surface area contributed by atoms with E-state index in [4.69, 9.17) is 16.2 Å². The van der Waals surface area contributed by atoms with E-state index in [1.54, 1.807) is 0 Å². The number of rotatable bonds is 26. The van der Waals surface area contributed by atoms with Crippen molar-refractivity contribution in [3.05, 3.63) is 51.3 Å². The Kier molecular flexibility index (Phi) is 26.4. The van der Waals surface area contributed by atoms with Gasteiger partial charge in [0.25, 0.3) is 0 Å². The van der Waals surface area contributed by atoms with Gasteiger partial charge in [-0.3, -0.25) is 9.59 Å². The van der Waals surface area contributed by atoms with Crippen molar-refractivity contribution in [2.75, 3.05) is 18.1 Å². The topological polar surface area (TPSA) is 136 Å². The van der Waals surface area contributed by atoms with E-state index in [0.29, 0.717) is 33.5 Å². The summed E-state index contributed by atoms with van der Waals surface area (Å²) in [5.74, 6) is -2.82. The van der Waals surface area contributed by atoms with Gasteiger partial charge in [0, 0.05) is 26.1 Å². The number of hydrogen-bond acceptors (Lipinski definition) is 7. The van der Waals surface area contributed by atoms with E-state index >= 15 is 0 Å². The van der Waals surface area contributed by atoms with Crippen LogP contribution in [0.15, 0.2) is 24.3 Å². The number of Topliss-reactive ketones (excluding diaryl/α,β-unsaturated/α-hetero) is 1. The molecule has 0 radical (unpaired) electrons. The van der Waals surface area contributed by atoms with Crippen LogP contribution in [0.2, 0.25) is 0 Å². The van der Waals surface area contributed by atoms with Crippen molar-refractivity contribution >= 4 is 159 Å². The number of carbonyl (C=O) groups excluding carboxylic acids is 2. The van der Waals surface area contributed by atoms with Gasteiger partial charge in [0.2, 0.25) is 0 Å². The SMILES string of the molecule is CCCCCCCCC=CCCCCCCC(CC(O)CO)C(=O)C(C(=O)Oc1c(I)cc(I)c(N)c1I)C(CCCC)c1c(I)cc(I)c(N)c1I. The second-order valence-corrected chi connectivity index (χ2v) is 20.5. The summed E-state index contributed by atoms with van der Waals surface area (Å²) in [6, 6.07) is 3.87. The van der Waals surface area contributed by atoms with Crippen molar-refractivity contribution in [3.63, 3.8) is 0 Å². The van der Waals surface area contributed by atoms with Gasteiger partial charge in [-0.25, -0.2) is 0 Å². The molecule has 0 heterocycles. The van der Waals surface area contributed by atoms with Crippen LogP contribution < -0.4 is 16.2 Å². The molecule has 0 bridgehead atoms. The first-order chi connectivity index (χ1) is 25.3. The second-order valence-electron chi connectivity index (χ2n) is 13.7. The number of aliphatic hydroxyl groups excluding tert-OH is 2. The van der Waals surface area contributed by atoms with Crippen LogP contribution in [0.3, 0.4) is 0 Å². The molecule has 0 spiro atoms. The molecule has 2 aromatic rings. The number of carbonyl (C=O) groups is 2. The molecule has 0 aliphatic rings. The van der Waals surface area contributed by atoms with Gasteiger partial charge >= 0.3 is 5.97 Å². The van der Waals surface area contributed by atoms with Crippen molar-refractivity contribution in [2.24, 2.45) is 11.8 Å². The number of unbranched alkanes of at least 4 members (excludes halogenated alkanes) is 11. The molecule has 7 nitrogen and oxygen atoms in total. The molecule has 4 atom stereocenters. The maximum Gasteiger partial charge on any atom is 0.322 e. The fraction of sp³-hybridized carbons (Fsp3) is 0.600. The molecule has 0 aliphatic carbocycles. The first-order valence-electron chi connectivity index (χ1n) is 18.9. The normalized spacial score (nSPS) is 14.0. The monoisotopic (exact) mass is 1410 g/mol. The van der Waals surface area contributed by atoms with Crippen molar-refractivity contribution in [1.29, 1.82) is 0 Å². The number of nitrogen functional groups attached to an aromatic ring is 2. The number of ketones is 1. The summed E-state index contributed by atoms with van der Waals surface area (Å²) in [6.07, 6.45) is 20.3. The molecule has 53 heavy (non-hydrogen) atoms. The quantitative estimate of drug-likeness (QED) is 0.0140. The van der Waals surface area contributed by atoms with Gasteiger partial charge in [0.05, 0.1) is 31.2 Å². The second kappa shape index (κ2) is 27.8. The highest BCUT2D eigenvalue weighted by Crippen LogP contribution is 2.43. The zero-order valence-electron chi connectivity index (χ0n) is 30.9. The van der Waals surface area contributed by atoms with Gasteiger partial charge in [0.1, 0.15) is 5.92 Å². The average Bonchev–Trinajstić information content (AvgIpc) is 3.12. The third-order valence-corrected chi connectivity index (χ3v) is 15.3. The molecule has 0 aliphatic heterocycles. The largest absolute Gasteiger partial charge is 0.424 e. The molecule has 4 unspecified atom stereocenters.